The largest absolute Gasteiger partial charge is 0.486 e. The van der Waals surface area contributed by atoms with Crippen LogP contribution >= 0.6 is 34.7 Å². The molecule has 0 atom stereocenters. The maximum Gasteiger partial charge on any atom is 0.191 e. The van der Waals surface area contributed by atoms with E-state index in [2.05, 4.69) is 27.7 Å². The van der Waals surface area contributed by atoms with Crippen molar-refractivity contribution in [1.29, 1.82) is 0 Å². The fraction of sp³-hybridized carbons (Fsp3) is 0.190. The van der Waals surface area contributed by atoms with Gasteiger partial charge in [-0.15, -0.1) is 21.5 Å². The molecule has 0 bridgehead atoms. The number of benzene rings is 2. The van der Waals surface area contributed by atoms with E-state index >= 15 is 0 Å². The topological polar surface area (TPSA) is 52.8 Å². The van der Waals surface area contributed by atoms with Gasteiger partial charge in [0.15, 0.2) is 11.0 Å². The predicted molar refractivity (Wildman–Crippen MR) is 119 cm³/mol. The van der Waals surface area contributed by atoms with Crippen LogP contribution in [0.2, 0.25) is 5.02 Å². The Bertz CT molecular complexity index is 1130. The summed E-state index contributed by atoms with van der Waals surface area (Å²) in [6, 6.07) is 14.4. The standard InChI is InChI=1S/C21H18ClFN4OS2/c1-2-27-19(11-28-16-8-9-18(23)17(22)10-16)25-26-21(27)30-13-15-12-29-20(24-15)14-6-4-3-5-7-14/h3-10,12H,2,11,13H2,1H3. The lowest BCUT2D eigenvalue weighted by molar-refractivity contribution is 0.288. The highest BCUT2D eigenvalue weighted by molar-refractivity contribution is 7.98. The lowest BCUT2D eigenvalue weighted by Gasteiger charge is -2.09. The lowest BCUT2D eigenvalue weighted by Crippen LogP contribution is -2.07. The zero-order chi connectivity index (χ0) is 20.9. The molecule has 5 nitrogen and oxygen atoms in total. The molecule has 0 unspecified atom stereocenters. The van der Waals surface area contributed by atoms with Crippen molar-refractivity contribution in [3.05, 3.63) is 76.3 Å². The summed E-state index contributed by atoms with van der Waals surface area (Å²) in [5.74, 6) is 1.41. The van der Waals surface area contributed by atoms with Crippen LogP contribution in [0.15, 0.2) is 59.1 Å². The lowest BCUT2D eigenvalue weighted by atomic mass is 10.2. The molecule has 2 aromatic heterocycles. The fourth-order valence-electron chi connectivity index (χ4n) is 2.79. The Morgan fingerprint density at radius 1 is 1.17 bits per heavy atom. The first-order valence-corrected chi connectivity index (χ1v) is 11.5. The van der Waals surface area contributed by atoms with Gasteiger partial charge in [0, 0.05) is 29.3 Å². The summed E-state index contributed by atoms with van der Waals surface area (Å²) in [7, 11) is 0. The minimum Gasteiger partial charge on any atom is -0.486 e. The van der Waals surface area contributed by atoms with Crippen LogP contribution in [-0.2, 0) is 18.9 Å². The molecule has 4 rings (SSSR count). The predicted octanol–water partition coefficient (Wildman–Crippen LogP) is 6.09. The normalized spacial score (nSPS) is 11.0. The summed E-state index contributed by atoms with van der Waals surface area (Å²) in [5, 5.41) is 12.5. The second-order valence-electron chi connectivity index (χ2n) is 6.31. The van der Waals surface area contributed by atoms with Crippen molar-refractivity contribution < 1.29 is 9.13 Å². The molecular formula is C21H18ClFN4OS2. The molecule has 0 aliphatic carbocycles. The van der Waals surface area contributed by atoms with E-state index < -0.39 is 5.82 Å². The second kappa shape index (κ2) is 9.59. The van der Waals surface area contributed by atoms with Crippen molar-refractivity contribution in [1.82, 2.24) is 19.7 Å². The highest BCUT2D eigenvalue weighted by Crippen LogP contribution is 2.28. The van der Waals surface area contributed by atoms with E-state index in [0.717, 1.165) is 21.4 Å². The van der Waals surface area contributed by atoms with Crippen LogP contribution in [0, 0.1) is 5.82 Å². The van der Waals surface area contributed by atoms with Crippen molar-refractivity contribution in [2.75, 3.05) is 0 Å². The molecule has 0 N–H and O–H groups in total. The molecule has 0 fully saturated rings. The van der Waals surface area contributed by atoms with E-state index in [1.807, 2.05) is 29.7 Å². The van der Waals surface area contributed by atoms with Gasteiger partial charge in [-0.2, -0.15) is 0 Å². The molecule has 0 saturated carbocycles. The molecule has 2 heterocycles. The number of aromatic nitrogens is 4. The van der Waals surface area contributed by atoms with E-state index in [1.165, 1.54) is 18.2 Å². The van der Waals surface area contributed by atoms with Crippen molar-refractivity contribution >= 4 is 34.7 Å². The fourth-order valence-corrected chi connectivity index (χ4v) is 4.81. The van der Waals surface area contributed by atoms with Gasteiger partial charge in [0.25, 0.3) is 0 Å². The average Bonchev–Trinajstić information content (AvgIpc) is 3.40. The molecular weight excluding hydrogens is 443 g/mol. The van der Waals surface area contributed by atoms with Crippen LogP contribution in [-0.4, -0.2) is 19.7 Å². The van der Waals surface area contributed by atoms with Crippen LogP contribution in [0.25, 0.3) is 10.6 Å². The first-order valence-electron chi connectivity index (χ1n) is 9.26. The summed E-state index contributed by atoms with van der Waals surface area (Å²) < 4.78 is 21.0. The third-order valence-electron chi connectivity index (χ3n) is 4.29. The van der Waals surface area contributed by atoms with E-state index in [0.29, 0.717) is 23.9 Å². The maximum absolute atomic E-state index is 13.3. The Morgan fingerprint density at radius 3 is 2.77 bits per heavy atom. The van der Waals surface area contributed by atoms with Gasteiger partial charge in [0.05, 0.1) is 10.7 Å². The van der Waals surface area contributed by atoms with Gasteiger partial charge in [-0.3, -0.25) is 0 Å². The first kappa shape index (κ1) is 20.8. The Kier molecular flexibility index (Phi) is 6.66. The van der Waals surface area contributed by atoms with Crippen LogP contribution < -0.4 is 4.74 Å². The summed E-state index contributed by atoms with van der Waals surface area (Å²) in [6.45, 7) is 2.96. The number of ether oxygens (including phenoxy) is 1. The molecule has 0 spiro atoms. The minimum atomic E-state index is -0.475. The Morgan fingerprint density at radius 2 is 2.00 bits per heavy atom. The van der Waals surface area contributed by atoms with E-state index in [9.17, 15) is 4.39 Å². The van der Waals surface area contributed by atoms with Gasteiger partial charge >= 0.3 is 0 Å². The van der Waals surface area contributed by atoms with Crippen molar-refractivity contribution in [2.24, 2.45) is 0 Å². The summed E-state index contributed by atoms with van der Waals surface area (Å²) in [4.78, 5) is 4.72. The van der Waals surface area contributed by atoms with Gasteiger partial charge < -0.3 is 9.30 Å². The Hall–Kier alpha value is -2.42. The third kappa shape index (κ3) is 4.83. The molecule has 154 valence electrons. The highest BCUT2D eigenvalue weighted by Gasteiger charge is 2.14. The molecule has 0 radical (unpaired) electrons. The van der Waals surface area contributed by atoms with Crippen LogP contribution in [0.1, 0.15) is 18.4 Å². The number of halogens is 2. The average molecular weight is 461 g/mol. The van der Waals surface area contributed by atoms with Gasteiger partial charge in [-0.05, 0) is 19.1 Å². The van der Waals surface area contributed by atoms with E-state index in [4.69, 9.17) is 21.3 Å². The third-order valence-corrected chi connectivity index (χ3v) is 6.52. The van der Waals surface area contributed by atoms with Gasteiger partial charge in [0.1, 0.15) is 23.2 Å². The van der Waals surface area contributed by atoms with E-state index in [-0.39, 0.29) is 11.6 Å². The number of hydrogen-bond donors (Lipinski definition) is 0. The molecule has 2 aromatic carbocycles. The molecule has 0 amide bonds. The van der Waals surface area contributed by atoms with Crippen molar-refractivity contribution in [3.8, 4) is 16.3 Å². The number of thioether (sulfide) groups is 1. The smallest absolute Gasteiger partial charge is 0.191 e. The number of thiazole rings is 1. The maximum atomic E-state index is 13.3. The highest BCUT2D eigenvalue weighted by atomic mass is 35.5. The monoisotopic (exact) mass is 460 g/mol. The molecule has 9 heteroatoms. The Labute approximate surface area is 186 Å². The minimum absolute atomic E-state index is 0.0267. The van der Waals surface area contributed by atoms with Crippen LogP contribution in [0.4, 0.5) is 4.39 Å². The Balaban J connectivity index is 1.40. The summed E-state index contributed by atoms with van der Waals surface area (Å²) in [6.07, 6.45) is 0. The van der Waals surface area contributed by atoms with Gasteiger partial charge in [-0.1, -0.05) is 53.7 Å². The van der Waals surface area contributed by atoms with Crippen LogP contribution in [0.3, 0.4) is 0 Å². The molecule has 0 saturated heterocycles. The zero-order valence-electron chi connectivity index (χ0n) is 16.1. The molecule has 0 aliphatic heterocycles. The molecule has 30 heavy (non-hydrogen) atoms. The SMILES string of the molecule is CCn1c(COc2ccc(F)c(Cl)c2)nnc1SCc1csc(-c2ccccc2)n1. The summed E-state index contributed by atoms with van der Waals surface area (Å²) in [5.41, 5.74) is 2.13. The number of rotatable bonds is 8. The zero-order valence-corrected chi connectivity index (χ0v) is 18.5. The quantitative estimate of drug-likeness (QED) is 0.298. The van der Waals surface area contributed by atoms with Gasteiger partial charge in [0.2, 0.25) is 0 Å². The van der Waals surface area contributed by atoms with Crippen LogP contribution in [0.5, 0.6) is 5.75 Å². The first-order chi connectivity index (χ1) is 14.6. The molecule has 0 aliphatic rings. The van der Waals surface area contributed by atoms with Gasteiger partial charge in [-0.25, -0.2) is 9.37 Å². The number of nitrogens with zero attached hydrogens (tertiary/aromatic N) is 4. The molecule has 4 aromatic rings. The number of hydrogen-bond acceptors (Lipinski definition) is 6. The second-order valence-corrected chi connectivity index (χ2v) is 8.51. The van der Waals surface area contributed by atoms with Crippen molar-refractivity contribution in [3.63, 3.8) is 0 Å². The van der Waals surface area contributed by atoms with E-state index in [1.54, 1.807) is 23.1 Å². The summed E-state index contributed by atoms with van der Waals surface area (Å²) >= 11 is 9.03. The van der Waals surface area contributed by atoms with Crippen molar-refractivity contribution in [2.45, 2.75) is 31.0 Å².